The van der Waals surface area contributed by atoms with Crippen LogP contribution < -0.4 is 5.32 Å². The number of carbonyl (C=O) groups is 1. The molecule has 0 saturated heterocycles. The zero-order chi connectivity index (χ0) is 18.7. The fraction of sp³-hybridized carbons (Fsp3) is 0.158. The normalized spacial score (nSPS) is 10.5. The molecular weight excluding hydrogens is 334 g/mol. The molecule has 3 aromatic rings. The Labute approximate surface area is 149 Å². The van der Waals surface area contributed by atoms with E-state index in [1.54, 1.807) is 56.3 Å². The van der Waals surface area contributed by atoms with E-state index >= 15 is 0 Å². The minimum atomic E-state index is -0.410. The third-order valence-electron chi connectivity index (χ3n) is 3.81. The Bertz CT molecular complexity index is 1000. The van der Waals surface area contributed by atoms with Gasteiger partial charge in [0, 0.05) is 22.8 Å². The zero-order valence-corrected chi connectivity index (χ0v) is 14.4. The number of hydrogen-bond donors (Lipinski definition) is 1. The maximum Gasteiger partial charge on any atom is 0.338 e. The number of fused-ring (bicyclic) bond motifs is 1. The quantitative estimate of drug-likeness (QED) is 0.417. The Hall–Kier alpha value is -3.48. The lowest BCUT2D eigenvalue weighted by molar-refractivity contribution is -0.383. The first-order valence-electron chi connectivity index (χ1n) is 8.08. The zero-order valence-electron chi connectivity index (χ0n) is 14.4. The van der Waals surface area contributed by atoms with E-state index in [4.69, 9.17) is 4.74 Å². The molecule has 26 heavy (non-hydrogen) atoms. The van der Waals surface area contributed by atoms with Crippen molar-refractivity contribution in [2.45, 2.75) is 13.8 Å². The maximum absolute atomic E-state index is 11.9. The van der Waals surface area contributed by atoms with Crippen LogP contribution in [0.25, 0.3) is 10.8 Å². The Morgan fingerprint density at radius 2 is 1.96 bits per heavy atom. The van der Waals surface area contributed by atoms with Crippen LogP contribution in [0.1, 0.15) is 23.0 Å². The third kappa shape index (κ3) is 3.46. The number of hydrogen-bond acceptors (Lipinski definition) is 6. The minimum absolute atomic E-state index is 0.0244. The Morgan fingerprint density at radius 1 is 1.19 bits per heavy atom. The first kappa shape index (κ1) is 17.3. The highest BCUT2D eigenvalue weighted by Gasteiger charge is 2.15. The van der Waals surface area contributed by atoms with E-state index in [2.05, 4.69) is 10.3 Å². The van der Waals surface area contributed by atoms with Crippen molar-refractivity contribution in [1.29, 1.82) is 0 Å². The number of esters is 1. The van der Waals surface area contributed by atoms with Crippen molar-refractivity contribution in [2.75, 3.05) is 11.9 Å². The minimum Gasteiger partial charge on any atom is -0.462 e. The number of nitrogens with one attached hydrogen (secondary N) is 1. The fourth-order valence-corrected chi connectivity index (χ4v) is 2.72. The SMILES string of the molecule is CCOC(=O)c1cccc(Nc2nc(C)cc3c([N+](=O)[O-])cccc23)c1. The van der Waals surface area contributed by atoms with Crippen LogP contribution in [-0.4, -0.2) is 22.5 Å². The summed E-state index contributed by atoms with van der Waals surface area (Å²) in [6, 6.07) is 13.4. The van der Waals surface area contributed by atoms with Crippen LogP contribution in [-0.2, 0) is 4.74 Å². The van der Waals surface area contributed by atoms with Crippen molar-refractivity contribution in [3.63, 3.8) is 0 Å². The molecule has 0 radical (unpaired) electrons. The van der Waals surface area contributed by atoms with E-state index in [9.17, 15) is 14.9 Å². The first-order chi connectivity index (χ1) is 12.5. The van der Waals surface area contributed by atoms with E-state index in [0.717, 1.165) is 0 Å². The van der Waals surface area contributed by atoms with E-state index in [-0.39, 0.29) is 5.69 Å². The lowest BCUT2D eigenvalue weighted by Gasteiger charge is -2.11. The Morgan fingerprint density at radius 3 is 2.69 bits per heavy atom. The molecule has 0 bridgehead atoms. The molecule has 1 aromatic heterocycles. The first-order valence-corrected chi connectivity index (χ1v) is 8.08. The molecular formula is C19H17N3O4. The highest BCUT2D eigenvalue weighted by atomic mass is 16.6. The van der Waals surface area contributed by atoms with Gasteiger partial charge in [0.1, 0.15) is 5.82 Å². The number of nitro groups is 1. The molecule has 0 spiro atoms. The second-order valence-corrected chi connectivity index (χ2v) is 5.67. The predicted molar refractivity (Wildman–Crippen MR) is 98.8 cm³/mol. The Kier molecular flexibility index (Phi) is 4.79. The highest BCUT2D eigenvalue weighted by molar-refractivity contribution is 5.99. The van der Waals surface area contributed by atoms with Crippen LogP contribution >= 0.6 is 0 Å². The van der Waals surface area contributed by atoms with Gasteiger partial charge in [-0.15, -0.1) is 0 Å². The smallest absolute Gasteiger partial charge is 0.338 e. The van der Waals surface area contributed by atoms with Gasteiger partial charge in [0.05, 0.1) is 22.5 Å². The van der Waals surface area contributed by atoms with Gasteiger partial charge in [0.2, 0.25) is 0 Å². The van der Waals surface area contributed by atoms with Crippen LogP contribution in [0.15, 0.2) is 48.5 Å². The predicted octanol–water partition coefficient (Wildman–Crippen LogP) is 4.37. The number of aromatic nitrogens is 1. The molecule has 7 heteroatoms. The topological polar surface area (TPSA) is 94.4 Å². The van der Waals surface area contributed by atoms with Gasteiger partial charge in [0.15, 0.2) is 0 Å². The standard InChI is InChI=1S/C19H17N3O4/c1-3-26-19(23)13-6-4-7-14(11-13)21-18-15-8-5-9-17(22(24)25)16(15)10-12(2)20-18/h4-11H,3H2,1-2H3,(H,20,21). The largest absolute Gasteiger partial charge is 0.462 e. The van der Waals surface area contributed by atoms with Crippen LogP contribution in [0.4, 0.5) is 17.2 Å². The number of anilines is 2. The lowest BCUT2D eigenvalue weighted by Crippen LogP contribution is -2.05. The van der Waals surface area contributed by atoms with E-state index in [1.807, 2.05) is 0 Å². The Balaban J connectivity index is 2.04. The highest BCUT2D eigenvalue weighted by Crippen LogP contribution is 2.31. The van der Waals surface area contributed by atoms with Gasteiger partial charge < -0.3 is 10.1 Å². The fourth-order valence-electron chi connectivity index (χ4n) is 2.72. The number of rotatable bonds is 5. The molecule has 0 aliphatic carbocycles. The molecule has 2 aromatic carbocycles. The summed E-state index contributed by atoms with van der Waals surface area (Å²) in [4.78, 5) is 27.2. The van der Waals surface area contributed by atoms with Crippen molar-refractivity contribution in [2.24, 2.45) is 0 Å². The van der Waals surface area contributed by atoms with Crippen molar-refractivity contribution in [3.8, 4) is 0 Å². The molecule has 0 fully saturated rings. The summed E-state index contributed by atoms with van der Waals surface area (Å²) in [6.45, 7) is 3.82. The molecule has 3 rings (SSSR count). The van der Waals surface area contributed by atoms with Crippen molar-refractivity contribution >= 4 is 33.9 Å². The molecule has 0 aliphatic rings. The van der Waals surface area contributed by atoms with Crippen LogP contribution in [0, 0.1) is 17.0 Å². The number of carbonyl (C=O) groups excluding carboxylic acids is 1. The van der Waals surface area contributed by atoms with Gasteiger partial charge in [-0.25, -0.2) is 9.78 Å². The van der Waals surface area contributed by atoms with Gasteiger partial charge in [0.25, 0.3) is 5.69 Å². The van der Waals surface area contributed by atoms with Crippen molar-refractivity contribution < 1.29 is 14.5 Å². The lowest BCUT2D eigenvalue weighted by atomic mass is 10.1. The summed E-state index contributed by atoms with van der Waals surface area (Å²) in [5.74, 6) is 0.0820. The van der Waals surface area contributed by atoms with E-state index < -0.39 is 10.9 Å². The number of non-ortho nitro benzene ring substituents is 1. The van der Waals surface area contributed by atoms with Crippen molar-refractivity contribution in [1.82, 2.24) is 4.98 Å². The van der Waals surface area contributed by atoms with Crippen LogP contribution in [0.5, 0.6) is 0 Å². The third-order valence-corrected chi connectivity index (χ3v) is 3.81. The number of ether oxygens (including phenoxy) is 1. The molecule has 0 aliphatic heterocycles. The average molecular weight is 351 g/mol. The van der Waals surface area contributed by atoms with E-state index in [0.29, 0.717) is 40.1 Å². The number of pyridine rings is 1. The van der Waals surface area contributed by atoms with Gasteiger partial charge >= 0.3 is 5.97 Å². The van der Waals surface area contributed by atoms with E-state index in [1.165, 1.54) is 6.07 Å². The van der Waals surface area contributed by atoms with Gasteiger partial charge in [-0.05, 0) is 38.1 Å². The number of nitro benzene ring substituents is 1. The second-order valence-electron chi connectivity index (χ2n) is 5.67. The molecule has 0 unspecified atom stereocenters. The summed E-state index contributed by atoms with van der Waals surface area (Å²) in [7, 11) is 0. The van der Waals surface area contributed by atoms with Gasteiger partial charge in [-0.1, -0.05) is 18.2 Å². The number of aryl methyl sites for hydroxylation is 1. The summed E-state index contributed by atoms with van der Waals surface area (Å²) < 4.78 is 5.01. The van der Waals surface area contributed by atoms with Crippen molar-refractivity contribution in [3.05, 3.63) is 69.9 Å². The van der Waals surface area contributed by atoms with Gasteiger partial charge in [-0.2, -0.15) is 0 Å². The monoisotopic (exact) mass is 351 g/mol. The molecule has 1 N–H and O–H groups in total. The second kappa shape index (κ2) is 7.18. The average Bonchev–Trinajstić information content (AvgIpc) is 2.61. The van der Waals surface area contributed by atoms with Gasteiger partial charge in [-0.3, -0.25) is 10.1 Å². The number of benzene rings is 2. The molecule has 0 amide bonds. The number of nitrogens with zero attached hydrogens (tertiary/aromatic N) is 2. The molecule has 0 atom stereocenters. The van der Waals surface area contributed by atoms with Crippen LogP contribution in [0.3, 0.4) is 0 Å². The summed E-state index contributed by atoms with van der Waals surface area (Å²) >= 11 is 0. The molecule has 132 valence electrons. The summed E-state index contributed by atoms with van der Waals surface area (Å²) in [5.41, 5.74) is 1.73. The maximum atomic E-state index is 11.9. The molecule has 7 nitrogen and oxygen atoms in total. The summed E-state index contributed by atoms with van der Waals surface area (Å²) in [6.07, 6.45) is 0. The molecule has 0 saturated carbocycles. The summed E-state index contributed by atoms with van der Waals surface area (Å²) in [5, 5.41) is 15.6. The molecule has 1 heterocycles. The van der Waals surface area contributed by atoms with Crippen LogP contribution in [0.2, 0.25) is 0 Å².